The third kappa shape index (κ3) is 2.74. The minimum absolute atomic E-state index is 0.208. The van der Waals surface area contributed by atoms with Gasteiger partial charge in [0.25, 0.3) is 0 Å². The van der Waals surface area contributed by atoms with Gasteiger partial charge in [0.2, 0.25) is 0 Å². The van der Waals surface area contributed by atoms with E-state index in [9.17, 15) is 5.11 Å². The molecule has 4 nitrogen and oxygen atoms in total. The molecule has 0 aliphatic rings. The van der Waals surface area contributed by atoms with Crippen molar-refractivity contribution in [3.8, 4) is 5.75 Å². The highest BCUT2D eigenvalue weighted by Crippen LogP contribution is 2.12. The maximum absolute atomic E-state index is 9.33. The average molecular weight is 194 g/mol. The Morgan fingerprint density at radius 2 is 2.07 bits per heavy atom. The molecule has 1 unspecified atom stereocenters. The smallest absolute Gasteiger partial charge is 0.120 e. The molecule has 0 saturated carbocycles. The van der Waals surface area contributed by atoms with E-state index >= 15 is 0 Å². The fraction of sp³-hybridized carbons (Fsp3) is 0.300. The van der Waals surface area contributed by atoms with E-state index in [0.29, 0.717) is 6.42 Å². The number of hydrogen-bond donors (Lipinski definition) is 3. The predicted octanol–water partition coefficient (Wildman–Crippen LogP) is 0.535. The summed E-state index contributed by atoms with van der Waals surface area (Å²) in [6.45, 7) is 0. The first-order valence-corrected chi connectivity index (χ1v) is 4.28. The monoisotopic (exact) mass is 194 g/mol. The Bertz CT molecular complexity index is 308. The lowest BCUT2D eigenvalue weighted by molar-refractivity contribution is 0.239. The van der Waals surface area contributed by atoms with Crippen molar-refractivity contribution in [3.05, 3.63) is 29.8 Å². The summed E-state index contributed by atoms with van der Waals surface area (Å²) < 4.78 is 4.99. The number of nitrogens with two attached hydrogens (primary N) is 1. The van der Waals surface area contributed by atoms with Crippen LogP contribution in [0, 0.1) is 5.41 Å². The van der Waals surface area contributed by atoms with Gasteiger partial charge in [-0.05, 0) is 17.7 Å². The van der Waals surface area contributed by atoms with Crippen molar-refractivity contribution >= 4 is 5.84 Å². The molecule has 1 rings (SSSR count). The van der Waals surface area contributed by atoms with Gasteiger partial charge in [-0.1, -0.05) is 12.1 Å². The van der Waals surface area contributed by atoms with Gasteiger partial charge in [-0.3, -0.25) is 5.41 Å². The van der Waals surface area contributed by atoms with E-state index in [1.807, 2.05) is 24.3 Å². The Labute approximate surface area is 82.8 Å². The molecule has 4 N–H and O–H groups in total. The first kappa shape index (κ1) is 10.5. The Kier molecular flexibility index (Phi) is 3.48. The molecule has 76 valence electrons. The highest BCUT2D eigenvalue weighted by molar-refractivity contribution is 5.81. The van der Waals surface area contributed by atoms with Crippen molar-refractivity contribution in [2.24, 2.45) is 5.73 Å². The summed E-state index contributed by atoms with van der Waals surface area (Å²) in [5.74, 6) is 0.562. The van der Waals surface area contributed by atoms with Crippen LogP contribution in [0.15, 0.2) is 24.3 Å². The van der Waals surface area contributed by atoms with E-state index in [2.05, 4.69) is 0 Å². The van der Waals surface area contributed by atoms with E-state index in [-0.39, 0.29) is 5.84 Å². The zero-order chi connectivity index (χ0) is 10.6. The van der Waals surface area contributed by atoms with Crippen molar-refractivity contribution in [2.45, 2.75) is 12.5 Å². The first-order chi connectivity index (χ1) is 6.63. The molecule has 0 aromatic heterocycles. The molecule has 0 radical (unpaired) electrons. The zero-order valence-corrected chi connectivity index (χ0v) is 8.03. The number of hydrogen-bond acceptors (Lipinski definition) is 3. The van der Waals surface area contributed by atoms with Gasteiger partial charge in [0, 0.05) is 6.42 Å². The second-order valence-corrected chi connectivity index (χ2v) is 3.02. The van der Waals surface area contributed by atoms with Crippen LogP contribution in [-0.2, 0) is 6.42 Å². The lowest BCUT2D eigenvalue weighted by atomic mass is 10.1. The third-order valence-corrected chi connectivity index (χ3v) is 1.95. The Morgan fingerprint density at radius 3 is 2.50 bits per heavy atom. The minimum atomic E-state index is -0.900. The Morgan fingerprint density at radius 1 is 1.50 bits per heavy atom. The maximum atomic E-state index is 9.33. The van der Waals surface area contributed by atoms with Crippen LogP contribution in [0.5, 0.6) is 5.75 Å². The number of aliphatic hydroxyl groups excluding tert-OH is 1. The molecule has 0 spiro atoms. The molecule has 14 heavy (non-hydrogen) atoms. The molecule has 0 aliphatic heterocycles. The van der Waals surface area contributed by atoms with E-state index < -0.39 is 6.10 Å². The van der Waals surface area contributed by atoms with Gasteiger partial charge in [-0.2, -0.15) is 0 Å². The highest BCUT2D eigenvalue weighted by atomic mass is 16.5. The van der Waals surface area contributed by atoms with Crippen molar-refractivity contribution in [1.29, 1.82) is 5.41 Å². The molecule has 0 heterocycles. The number of aliphatic hydroxyl groups is 1. The summed E-state index contributed by atoms with van der Waals surface area (Å²) in [5, 5.41) is 16.4. The molecule has 0 amide bonds. The van der Waals surface area contributed by atoms with Crippen LogP contribution < -0.4 is 10.5 Å². The van der Waals surface area contributed by atoms with Crippen LogP contribution >= 0.6 is 0 Å². The molecule has 1 aromatic rings. The highest BCUT2D eigenvalue weighted by Gasteiger charge is 2.07. The van der Waals surface area contributed by atoms with Crippen LogP contribution in [0.3, 0.4) is 0 Å². The van der Waals surface area contributed by atoms with Crippen molar-refractivity contribution in [1.82, 2.24) is 0 Å². The fourth-order valence-electron chi connectivity index (χ4n) is 1.09. The van der Waals surface area contributed by atoms with E-state index in [1.165, 1.54) is 0 Å². The van der Waals surface area contributed by atoms with Gasteiger partial charge in [-0.25, -0.2) is 0 Å². The quantitative estimate of drug-likeness (QED) is 0.483. The van der Waals surface area contributed by atoms with Crippen molar-refractivity contribution < 1.29 is 9.84 Å². The molecular formula is C10H14N2O2. The molecular weight excluding hydrogens is 180 g/mol. The zero-order valence-electron chi connectivity index (χ0n) is 8.03. The summed E-state index contributed by atoms with van der Waals surface area (Å²) in [6.07, 6.45) is -0.539. The topological polar surface area (TPSA) is 79.3 Å². The van der Waals surface area contributed by atoms with E-state index in [4.69, 9.17) is 15.9 Å². The maximum Gasteiger partial charge on any atom is 0.120 e. The van der Waals surface area contributed by atoms with E-state index in [0.717, 1.165) is 11.3 Å². The molecule has 0 aliphatic carbocycles. The number of ether oxygens (including phenoxy) is 1. The van der Waals surface area contributed by atoms with E-state index in [1.54, 1.807) is 7.11 Å². The van der Waals surface area contributed by atoms with Gasteiger partial charge in [0.1, 0.15) is 17.7 Å². The number of methoxy groups -OCH3 is 1. The second kappa shape index (κ2) is 4.62. The van der Waals surface area contributed by atoms with Gasteiger partial charge >= 0.3 is 0 Å². The summed E-state index contributed by atoms with van der Waals surface area (Å²) >= 11 is 0. The average Bonchev–Trinajstić information content (AvgIpc) is 2.19. The summed E-state index contributed by atoms with van der Waals surface area (Å²) in [5.41, 5.74) is 6.07. The van der Waals surface area contributed by atoms with Crippen LogP contribution in [0.2, 0.25) is 0 Å². The van der Waals surface area contributed by atoms with Crippen LogP contribution in [0.1, 0.15) is 5.56 Å². The lowest BCUT2D eigenvalue weighted by Crippen LogP contribution is -2.29. The van der Waals surface area contributed by atoms with Crippen LogP contribution in [-0.4, -0.2) is 24.2 Å². The molecule has 0 saturated heterocycles. The van der Waals surface area contributed by atoms with Crippen LogP contribution in [0.4, 0.5) is 0 Å². The largest absolute Gasteiger partial charge is 0.497 e. The second-order valence-electron chi connectivity index (χ2n) is 3.02. The number of nitrogens with one attached hydrogen (secondary N) is 1. The predicted molar refractivity (Wildman–Crippen MR) is 54.6 cm³/mol. The molecule has 4 heteroatoms. The van der Waals surface area contributed by atoms with Crippen molar-refractivity contribution in [3.63, 3.8) is 0 Å². The standard InChI is InChI=1S/C10H14N2O2/c1-14-8-4-2-7(3-5-8)6-9(13)10(11)12/h2-5,9,13H,6H2,1H3,(H3,11,12). The van der Waals surface area contributed by atoms with Crippen LogP contribution in [0.25, 0.3) is 0 Å². The molecule has 1 atom stereocenters. The molecule has 0 bridgehead atoms. The fourth-order valence-corrected chi connectivity index (χ4v) is 1.09. The number of benzene rings is 1. The van der Waals surface area contributed by atoms with Gasteiger partial charge in [-0.15, -0.1) is 0 Å². The minimum Gasteiger partial charge on any atom is -0.497 e. The number of rotatable bonds is 4. The summed E-state index contributed by atoms with van der Waals surface area (Å²) in [7, 11) is 1.60. The van der Waals surface area contributed by atoms with Gasteiger partial charge in [0.15, 0.2) is 0 Å². The number of amidine groups is 1. The summed E-state index contributed by atoms with van der Waals surface area (Å²) in [4.78, 5) is 0. The molecule has 0 fully saturated rings. The van der Waals surface area contributed by atoms with Crippen molar-refractivity contribution in [2.75, 3.05) is 7.11 Å². The van der Waals surface area contributed by atoms with Gasteiger partial charge in [0.05, 0.1) is 7.11 Å². The Balaban J connectivity index is 2.64. The van der Waals surface area contributed by atoms with Gasteiger partial charge < -0.3 is 15.6 Å². The first-order valence-electron chi connectivity index (χ1n) is 4.28. The normalized spacial score (nSPS) is 12.1. The summed E-state index contributed by atoms with van der Waals surface area (Å²) in [6, 6.07) is 7.29. The lowest BCUT2D eigenvalue weighted by Gasteiger charge is -2.08. The third-order valence-electron chi connectivity index (χ3n) is 1.95. The molecule has 1 aromatic carbocycles. The Hall–Kier alpha value is -1.55. The SMILES string of the molecule is COc1ccc(CC(O)C(=N)N)cc1.